The molecule has 0 atom stereocenters. The van der Waals surface area contributed by atoms with E-state index in [1.54, 1.807) is 0 Å². The van der Waals surface area contributed by atoms with Gasteiger partial charge in [0.15, 0.2) is 0 Å². The smallest absolute Gasteiger partial charge is 0.0250 e. The first-order valence-electron chi connectivity index (χ1n) is 3.60. The molecule has 1 heteroatoms. The summed E-state index contributed by atoms with van der Waals surface area (Å²) in [5.41, 5.74) is 2.49. The second-order valence-corrected chi connectivity index (χ2v) is 2.68. The highest BCUT2D eigenvalue weighted by Gasteiger charge is 1.84. The highest BCUT2D eigenvalue weighted by molar-refractivity contribution is 5.85. The van der Waals surface area contributed by atoms with Crippen LogP contribution in [0.25, 0.3) is 0 Å². The topological polar surface area (TPSA) is 0 Å². The molecule has 0 aliphatic heterocycles. The Kier molecular flexibility index (Phi) is 9.09. The molecule has 0 radical (unpaired) electrons. The summed E-state index contributed by atoms with van der Waals surface area (Å²) in [6, 6.07) is 0. The lowest BCUT2D eigenvalue weighted by molar-refractivity contribution is 0.999. The van der Waals surface area contributed by atoms with Crippen LogP contribution in [0.4, 0.5) is 0 Å². The Hall–Kier alpha value is -0.490. The van der Waals surface area contributed by atoms with Crippen LogP contribution in [0.3, 0.4) is 0 Å². The van der Waals surface area contributed by atoms with Gasteiger partial charge in [-0.15, -0.1) is 12.4 Å². The summed E-state index contributed by atoms with van der Waals surface area (Å²) in [6.07, 6.45) is 6.16. The molecule has 0 nitrogen and oxygen atoms in total. The Morgan fingerprint density at radius 2 is 1.91 bits per heavy atom. The van der Waals surface area contributed by atoms with Crippen molar-refractivity contribution in [3.05, 3.63) is 36.5 Å². The van der Waals surface area contributed by atoms with E-state index >= 15 is 0 Å². The van der Waals surface area contributed by atoms with Gasteiger partial charge in [-0.1, -0.05) is 36.5 Å². The van der Waals surface area contributed by atoms with E-state index in [9.17, 15) is 0 Å². The van der Waals surface area contributed by atoms with Crippen LogP contribution in [0.15, 0.2) is 36.5 Å². The second kappa shape index (κ2) is 7.62. The predicted molar refractivity (Wildman–Crippen MR) is 55.3 cm³/mol. The van der Waals surface area contributed by atoms with Crippen LogP contribution in [0, 0.1) is 0 Å². The zero-order valence-electron chi connectivity index (χ0n) is 7.39. The second-order valence-electron chi connectivity index (χ2n) is 2.68. The minimum atomic E-state index is 0. The minimum absolute atomic E-state index is 0. The molecule has 0 saturated carbocycles. The molecule has 0 aromatic heterocycles. The van der Waals surface area contributed by atoms with E-state index in [4.69, 9.17) is 0 Å². The first kappa shape index (κ1) is 13.1. The van der Waals surface area contributed by atoms with Gasteiger partial charge in [-0.2, -0.15) is 0 Å². The summed E-state index contributed by atoms with van der Waals surface area (Å²) >= 11 is 0. The lowest BCUT2D eigenvalue weighted by atomic mass is 10.1. The van der Waals surface area contributed by atoms with E-state index in [1.807, 2.05) is 6.08 Å². The van der Waals surface area contributed by atoms with E-state index in [1.165, 1.54) is 5.57 Å². The first-order chi connectivity index (χ1) is 4.66. The maximum absolute atomic E-state index is 3.82. The Bertz CT molecular complexity index is 150. The van der Waals surface area contributed by atoms with Gasteiger partial charge in [-0.05, 0) is 26.7 Å². The van der Waals surface area contributed by atoms with E-state index < -0.39 is 0 Å². The maximum Gasteiger partial charge on any atom is -0.0250 e. The Labute approximate surface area is 76.1 Å². The molecular formula is C10H17Cl. The molecule has 0 bridgehead atoms. The summed E-state index contributed by atoms with van der Waals surface area (Å²) in [7, 11) is 0. The molecule has 0 aliphatic carbocycles. The fourth-order valence-electron chi connectivity index (χ4n) is 0.648. The molecule has 0 unspecified atom stereocenters. The van der Waals surface area contributed by atoms with Crippen molar-refractivity contribution in [3.8, 4) is 0 Å². The standard InChI is InChI=1S/C10H16.ClH/c1-5-10(4)8-6-7-9(2)3;/h5,7H,1,4,6,8H2,2-3H3;1H. The normalized spacial score (nSPS) is 7.82. The molecule has 0 heterocycles. The molecule has 0 rings (SSSR count). The Balaban J connectivity index is 0. The van der Waals surface area contributed by atoms with Crippen molar-refractivity contribution in [3.63, 3.8) is 0 Å². The molecule has 0 aromatic carbocycles. The average molecular weight is 173 g/mol. The van der Waals surface area contributed by atoms with Gasteiger partial charge in [0.25, 0.3) is 0 Å². The van der Waals surface area contributed by atoms with E-state index in [0.717, 1.165) is 18.4 Å². The molecule has 64 valence electrons. The molecule has 0 saturated heterocycles. The van der Waals surface area contributed by atoms with Crippen LogP contribution in [0.1, 0.15) is 26.7 Å². The van der Waals surface area contributed by atoms with E-state index in [2.05, 4.69) is 33.1 Å². The fourth-order valence-corrected chi connectivity index (χ4v) is 0.648. The molecule has 0 aromatic rings. The Morgan fingerprint density at radius 1 is 1.36 bits per heavy atom. The first-order valence-corrected chi connectivity index (χ1v) is 3.60. The summed E-state index contributed by atoms with van der Waals surface area (Å²) in [5, 5.41) is 0. The van der Waals surface area contributed by atoms with Crippen LogP contribution >= 0.6 is 12.4 Å². The fraction of sp³-hybridized carbons (Fsp3) is 0.400. The van der Waals surface area contributed by atoms with Crippen molar-refractivity contribution in [2.45, 2.75) is 26.7 Å². The number of hydrogen-bond acceptors (Lipinski definition) is 0. The van der Waals surface area contributed by atoms with Gasteiger partial charge in [0, 0.05) is 0 Å². The number of hydrogen-bond donors (Lipinski definition) is 0. The summed E-state index contributed by atoms with van der Waals surface area (Å²) < 4.78 is 0. The Morgan fingerprint density at radius 3 is 2.27 bits per heavy atom. The largest absolute Gasteiger partial charge is 0.147 e. The summed E-state index contributed by atoms with van der Waals surface area (Å²) in [4.78, 5) is 0. The third-order valence-electron chi connectivity index (χ3n) is 1.31. The molecule has 0 spiro atoms. The zero-order chi connectivity index (χ0) is 7.98. The molecule has 0 fully saturated rings. The van der Waals surface area contributed by atoms with Crippen LogP contribution in [0.2, 0.25) is 0 Å². The van der Waals surface area contributed by atoms with Gasteiger partial charge >= 0.3 is 0 Å². The SMILES string of the molecule is C=CC(=C)CCC=C(C)C.Cl. The minimum Gasteiger partial charge on any atom is -0.147 e. The third-order valence-corrected chi connectivity index (χ3v) is 1.31. The molecular weight excluding hydrogens is 156 g/mol. The molecule has 0 amide bonds. The van der Waals surface area contributed by atoms with Gasteiger partial charge in [0.1, 0.15) is 0 Å². The average Bonchev–Trinajstić information content (AvgIpc) is 1.87. The van der Waals surface area contributed by atoms with Crippen LogP contribution in [-0.2, 0) is 0 Å². The summed E-state index contributed by atoms with van der Waals surface area (Å²) in [6.45, 7) is 11.7. The lowest BCUT2D eigenvalue weighted by Crippen LogP contribution is -1.74. The van der Waals surface area contributed by atoms with Crippen molar-refractivity contribution < 1.29 is 0 Å². The lowest BCUT2D eigenvalue weighted by Gasteiger charge is -1.94. The van der Waals surface area contributed by atoms with Crippen molar-refractivity contribution in [2.75, 3.05) is 0 Å². The van der Waals surface area contributed by atoms with Crippen molar-refractivity contribution in [1.29, 1.82) is 0 Å². The predicted octanol–water partition coefficient (Wildman–Crippen LogP) is 3.90. The van der Waals surface area contributed by atoms with Gasteiger partial charge in [0.05, 0.1) is 0 Å². The molecule has 0 aliphatic rings. The van der Waals surface area contributed by atoms with Crippen LogP contribution in [-0.4, -0.2) is 0 Å². The number of halogens is 1. The van der Waals surface area contributed by atoms with E-state index in [0.29, 0.717) is 0 Å². The molecule has 0 N–H and O–H groups in total. The monoisotopic (exact) mass is 172 g/mol. The van der Waals surface area contributed by atoms with Gasteiger partial charge < -0.3 is 0 Å². The quantitative estimate of drug-likeness (QED) is 0.446. The van der Waals surface area contributed by atoms with Gasteiger partial charge in [-0.25, -0.2) is 0 Å². The van der Waals surface area contributed by atoms with E-state index in [-0.39, 0.29) is 12.4 Å². The summed E-state index contributed by atoms with van der Waals surface area (Å²) in [5.74, 6) is 0. The van der Waals surface area contributed by atoms with Crippen molar-refractivity contribution in [1.82, 2.24) is 0 Å². The van der Waals surface area contributed by atoms with Gasteiger partial charge in [0.2, 0.25) is 0 Å². The van der Waals surface area contributed by atoms with Crippen molar-refractivity contribution >= 4 is 12.4 Å². The van der Waals surface area contributed by atoms with Crippen LogP contribution < -0.4 is 0 Å². The van der Waals surface area contributed by atoms with Crippen molar-refractivity contribution in [2.24, 2.45) is 0 Å². The van der Waals surface area contributed by atoms with Gasteiger partial charge in [-0.3, -0.25) is 0 Å². The highest BCUT2D eigenvalue weighted by Crippen LogP contribution is 2.04. The van der Waals surface area contributed by atoms with Crippen LogP contribution in [0.5, 0.6) is 0 Å². The third kappa shape index (κ3) is 9.51. The highest BCUT2D eigenvalue weighted by atomic mass is 35.5. The zero-order valence-corrected chi connectivity index (χ0v) is 8.21. The maximum atomic E-state index is 3.82. The number of rotatable bonds is 4. The number of allylic oxidation sites excluding steroid dienone is 4. The molecule has 11 heavy (non-hydrogen) atoms.